The fourth-order valence-electron chi connectivity index (χ4n) is 2.88. The Hall–Kier alpha value is -1.88. The molecule has 20 heavy (non-hydrogen) atoms. The molecule has 0 aromatic heterocycles. The van der Waals surface area contributed by atoms with Gasteiger partial charge in [-0.3, -0.25) is 14.9 Å². The van der Waals surface area contributed by atoms with Crippen molar-refractivity contribution in [3.8, 4) is 0 Å². The summed E-state index contributed by atoms with van der Waals surface area (Å²) in [5, 5.41) is 5.74. The average molecular weight is 273 g/mol. The Balaban J connectivity index is 1.81. The molecule has 1 aromatic carbocycles. The topological polar surface area (TPSA) is 61.4 Å². The first-order valence-corrected chi connectivity index (χ1v) is 7.06. The van der Waals surface area contributed by atoms with E-state index in [1.807, 2.05) is 17.0 Å². The summed E-state index contributed by atoms with van der Waals surface area (Å²) >= 11 is 0. The van der Waals surface area contributed by atoms with Crippen molar-refractivity contribution in [2.45, 2.75) is 25.8 Å². The third-order valence-corrected chi connectivity index (χ3v) is 3.93. The van der Waals surface area contributed by atoms with Crippen LogP contribution in [0, 0.1) is 6.92 Å². The van der Waals surface area contributed by atoms with Gasteiger partial charge in [-0.05, 0) is 31.4 Å². The van der Waals surface area contributed by atoms with Crippen molar-refractivity contribution >= 4 is 17.5 Å². The Labute approximate surface area is 118 Å². The fraction of sp³-hybridized carbons (Fsp3) is 0.467. The molecule has 0 aliphatic carbocycles. The Bertz CT molecular complexity index is 546. The summed E-state index contributed by atoms with van der Waals surface area (Å²) in [4.78, 5) is 25.6. The van der Waals surface area contributed by atoms with E-state index < -0.39 is 0 Å². The first-order valence-electron chi connectivity index (χ1n) is 7.06. The highest BCUT2D eigenvalue weighted by atomic mass is 16.2. The number of amides is 2. The van der Waals surface area contributed by atoms with Crippen LogP contribution in [-0.4, -0.2) is 37.5 Å². The Morgan fingerprint density at radius 3 is 3.00 bits per heavy atom. The number of hydrogen-bond donors (Lipinski definition) is 2. The second kappa shape index (κ2) is 5.25. The van der Waals surface area contributed by atoms with Gasteiger partial charge in [0.1, 0.15) is 6.04 Å². The second-order valence-corrected chi connectivity index (χ2v) is 5.46. The van der Waals surface area contributed by atoms with Gasteiger partial charge in [0.15, 0.2) is 0 Å². The third kappa shape index (κ3) is 2.41. The van der Waals surface area contributed by atoms with E-state index in [4.69, 9.17) is 0 Å². The Morgan fingerprint density at radius 1 is 1.40 bits per heavy atom. The van der Waals surface area contributed by atoms with Gasteiger partial charge >= 0.3 is 0 Å². The number of aryl methyl sites for hydroxylation is 2. The highest BCUT2D eigenvalue weighted by Crippen LogP contribution is 2.28. The zero-order chi connectivity index (χ0) is 14.1. The van der Waals surface area contributed by atoms with Crippen LogP contribution in [0.1, 0.15) is 17.5 Å². The van der Waals surface area contributed by atoms with Gasteiger partial charge in [-0.25, -0.2) is 0 Å². The molecule has 0 radical (unpaired) electrons. The lowest BCUT2D eigenvalue weighted by Gasteiger charge is -2.34. The third-order valence-electron chi connectivity index (χ3n) is 3.93. The van der Waals surface area contributed by atoms with Crippen LogP contribution < -0.4 is 15.5 Å². The van der Waals surface area contributed by atoms with Gasteiger partial charge in [0.2, 0.25) is 11.8 Å². The average Bonchev–Trinajstić information content (AvgIpc) is 2.46. The van der Waals surface area contributed by atoms with Crippen molar-refractivity contribution in [3.05, 3.63) is 29.3 Å². The number of hydrogen-bond acceptors (Lipinski definition) is 3. The zero-order valence-electron chi connectivity index (χ0n) is 11.6. The summed E-state index contributed by atoms with van der Waals surface area (Å²) < 4.78 is 0. The fourth-order valence-corrected chi connectivity index (χ4v) is 2.88. The minimum absolute atomic E-state index is 0.0507. The maximum atomic E-state index is 12.6. The lowest BCUT2D eigenvalue weighted by molar-refractivity contribution is -0.125. The first-order chi connectivity index (χ1) is 9.65. The standard InChI is InChI=1S/C15H19N3O2/c1-10-4-5-13-11(7-10)3-2-6-18(13)15(20)12-8-17-14(19)9-16-12/h4-5,7,12,16H,2-3,6,8-9H2,1H3,(H,17,19). The van der Waals surface area contributed by atoms with Gasteiger partial charge in [0, 0.05) is 18.8 Å². The molecule has 0 spiro atoms. The number of carbonyl (C=O) groups is 2. The summed E-state index contributed by atoms with van der Waals surface area (Å²) in [6.07, 6.45) is 2.01. The van der Waals surface area contributed by atoms with E-state index in [2.05, 4.69) is 23.6 Å². The maximum Gasteiger partial charge on any atom is 0.245 e. The van der Waals surface area contributed by atoms with E-state index in [1.165, 1.54) is 11.1 Å². The van der Waals surface area contributed by atoms with Crippen molar-refractivity contribution in [1.29, 1.82) is 0 Å². The number of anilines is 1. The lowest BCUT2D eigenvalue weighted by Crippen LogP contribution is -2.59. The first kappa shape index (κ1) is 13.1. The van der Waals surface area contributed by atoms with Crippen molar-refractivity contribution in [2.75, 3.05) is 24.5 Å². The summed E-state index contributed by atoms with van der Waals surface area (Å²) in [6, 6.07) is 5.91. The minimum atomic E-state index is -0.319. The molecule has 2 aliphatic heterocycles. The molecule has 3 rings (SSSR count). The molecule has 0 saturated carbocycles. The Morgan fingerprint density at radius 2 is 2.25 bits per heavy atom. The van der Waals surface area contributed by atoms with Crippen molar-refractivity contribution in [2.24, 2.45) is 0 Å². The minimum Gasteiger partial charge on any atom is -0.353 e. The number of benzene rings is 1. The van der Waals surface area contributed by atoms with Crippen LogP contribution in [0.2, 0.25) is 0 Å². The SMILES string of the molecule is Cc1ccc2c(c1)CCCN2C(=O)C1CNC(=O)CN1. The van der Waals surface area contributed by atoms with Gasteiger partial charge in [-0.1, -0.05) is 17.7 Å². The van der Waals surface area contributed by atoms with Crippen molar-refractivity contribution in [1.82, 2.24) is 10.6 Å². The van der Waals surface area contributed by atoms with Gasteiger partial charge in [0.05, 0.1) is 6.54 Å². The second-order valence-electron chi connectivity index (χ2n) is 5.46. The van der Waals surface area contributed by atoms with E-state index >= 15 is 0 Å². The van der Waals surface area contributed by atoms with Crippen LogP contribution in [0.4, 0.5) is 5.69 Å². The van der Waals surface area contributed by atoms with E-state index in [0.29, 0.717) is 6.54 Å². The molecule has 5 nitrogen and oxygen atoms in total. The van der Waals surface area contributed by atoms with Gasteiger partial charge < -0.3 is 10.2 Å². The van der Waals surface area contributed by atoms with E-state index in [1.54, 1.807) is 0 Å². The van der Waals surface area contributed by atoms with Crippen LogP contribution in [-0.2, 0) is 16.0 Å². The zero-order valence-corrected chi connectivity index (χ0v) is 11.6. The molecule has 2 heterocycles. The van der Waals surface area contributed by atoms with Gasteiger partial charge in [0.25, 0.3) is 0 Å². The van der Waals surface area contributed by atoms with Crippen LogP contribution in [0.3, 0.4) is 0 Å². The quantitative estimate of drug-likeness (QED) is 0.777. The van der Waals surface area contributed by atoms with Crippen LogP contribution >= 0.6 is 0 Å². The molecule has 2 N–H and O–H groups in total. The summed E-state index contributed by atoms with van der Waals surface area (Å²) in [7, 11) is 0. The van der Waals surface area contributed by atoms with Gasteiger partial charge in [-0.15, -0.1) is 0 Å². The molecule has 0 bridgehead atoms. The van der Waals surface area contributed by atoms with Crippen LogP contribution in [0.15, 0.2) is 18.2 Å². The molecular weight excluding hydrogens is 254 g/mol. The molecular formula is C15H19N3O2. The monoisotopic (exact) mass is 273 g/mol. The predicted octanol–water partition coefficient (Wildman–Crippen LogP) is 0.362. The molecule has 1 saturated heterocycles. The number of fused-ring (bicyclic) bond motifs is 1. The molecule has 2 aliphatic rings. The van der Waals surface area contributed by atoms with Crippen LogP contribution in [0.25, 0.3) is 0 Å². The highest BCUT2D eigenvalue weighted by Gasteiger charge is 2.30. The predicted molar refractivity (Wildman–Crippen MR) is 76.7 cm³/mol. The Kier molecular flexibility index (Phi) is 3.44. The van der Waals surface area contributed by atoms with Gasteiger partial charge in [-0.2, -0.15) is 0 Å². The van der Waals surface area contributed by atoms with Crippen molar-refractivity contribution < 1.29 is 9.59 Å². The number of rotatable bonds is 1. The summed E-state index contributed by atoms with van der Waals surface area (Å²) in [5.41, 5.74) is 3.48. The molecule has 5 heteroatoms. The summed E-state index contributed by atoms with van der Waals surface area (Å²) in [6.45, 7) is 3.40. The number of carbonyl (C=O) groups excluding carboxylic acids is 2. The summed E-state index contributed by atoms with van der Waals surface area (Å²) in [5.74, 6) is -0.00137. The lowest BCUT2D eigenvalue weighted by atomic mass is 9.98. The smallest absolute Gasteiger partial charge is 0.245 e. The van der Waals surface area contributed by atoms with E-state index in [-0.39, 0.29) is 24.4 Å². The normalized spacial score (nSPS) is 22.1. The molecule has 1 atom stereocenters. The number of nitrogens with zero attached hydrogens (tertiary/aromatic N) is 1. The maximum absolute atomic E-state index is 12.6. The molecule has 1 unspecified atom stereocenters. The largest absolute Gasteiger partial charge is 0.353 e. The van der Waals surface area contributed by atoms with E-state index in [9.17, 15) is 9.59 Å². The molecule has 106 valence electrons. The van der Waals surface area contributed by atoms with Crippen LogP contribution in [0.5, 0.6) is 0 Å². The molecule has 2 amide bonds. The highest BCUT2D eigenvalue weighted by molar-refractivity contribution is 5.99. The number of piperazine rings is 1. The molecule has 1 fully saturated rings. The van der Waals surface area contributed by atoms with E-state index in [0.717, 1.165) is 25.1 Å². The number of nitrogens with one attached hydrogen (secondary N) is 2. The van der Waals surface area contributed by atoms with Crippen molar-refractivity contribution in [3.63, 3.8) is 0 Å². The molecule has 1 aromatic rings.